The molecule has 1 aromatic heterocycles. The Hall–Kier alpha value is -1.16. The predicted octanol–water partition coefficient (Wildman–Crippen LogP) is 1.61. The van der Waals surface area contributed by atoms with Crippen LogP contribution in [-0.2, 0) is 6.54 Å². The number of hydrogen-bond acceptors (Lipinski definition) is 3. The van der Waals surface area contributed by atoms with Crippen molar-refractivity contribution in [3.05, 3.63) is 25.0 Å². The van der Waals surface area contributed by atoms with E-state index in [4.69, 9.17) is 0 Å². The summed E-state index contributed by atoms with van der Waals surface area (Å²) in [6.45, 7) is 5.66. The van der Waals surface area contributed by atoms with Gasteiger partial charge in [0.15, 0.2) is 0 Å². The first-order valence-corrected chi connectivity index (χ1v) is 6.08. The van der Waals surface area contributed by atoms with E-state index in [0.717, 1.165) is 25.4 Å². The molecule has 1 aliphatic rings. The second kappa shape index (κ2) is 5.80. The maximum atomic E-state index is 3.95. The lowest BCUT2D eigenvalue weighted by atomic mass is 10.1. The van der Waals surface area contributed by atoms with Crippen molar-refractivity contribution in [3.63, 3.8) is 0 Å². The fourth-order valence-corrected chi connectivity index (χ4v) is 2.02. The van der Waals surface area contributed by atoms with Gasteiger partial charge in [0.05, 0.1) is 12.7 Å². The van der Waals surface area contributed by atoms with Gasteiger partial charge in [0, 0.05) is 18.8 Å². The lowest BCUT2D eigenvalue weighted by Crippen LogP contribution is -2.33. The van der Waals surface area contributed by atoms with E-state index in [1.165, 1.54) is 19.3 Å². The van der Waals surface area contributed by atoms with Gasteiger partial charge in [-0.15, -0.1) is 11.7 Å². The van der Waals surface area contributed by atoms with Crippen molar-refractivity contribution >= 4 is 0 Å². The van der Waals surface area contributed by atoms with Crippen molar-refractivity contribution in [2.45, 2.75) is 38.3 Å². The molecule has 4 nitrogen and oxygen atoms in total. The van der Waals surface area contributed by atoms with Gasteiger partial charge in [0.1, 0.15) is 0 Å². The van der Waals surface area contributed by atoms with Crippen molar-refractivity contribution in [2.24, 2.45) is 5.92 Å². The Kier molecular flexibility index (Phi) is 4.10. The van der Waals surface area contributed by atoms with Crippen LogP contribution in [0.25, 0.3) is 0 Å². The molecule has 0 aliphatic heterocycles. The Labute approximate surface area is 96.7 Å². The van der Waals surface area contributed by atoms with Crippen LogP contribution in [0.4, 0.5) is 0 Å². The SMILES string of the molecule is C=CCCC(NCCn1ccnn1)C1CC1. The zero-order valence-corrected chi connectivity index (χ0v) is 9.68. The Morgan fingerprint density at radius 1 is 1.56 bits per heavy atom. The maximum Gasteiger partial charge on any atom is 0.0692 e. The van der Waals surface area contributed by atoms with E-state index < -0.39 is 0 Å². The van der Waals surface area contributed by atoms with Crippen LogP contribution in [-0.4, -0.2) is 27.6 Å². The number of nitrogens with zero attached hydrogens (tertiary/aromatic N) is 3. The van der Waals surface area contributed by atoms with E-state index in [0.29, 0.717) is 6.04 Å². The molecule has 0 spiro atoms. The molecule has 2 rings (SSSR count). The van der Waals surface area contributed by atoms with Crippen LogP contribution in [0.3, 0.4) is 0 Å². The quantitative estimate of drug-likeness (QED) is 0.677. The largest absolute Gasteiger partial charge is 0.312 e. The predicted molar refractivity (Wildman–Crippen MR) is 64.0 cm³/mol. The average Bonchev–Trinajstić information content (AvgIpc) is 3.01. The molecule has 0 amide bonds. The molecule has 88 valence electrons. The third kappa shape index (κ3) is 3.45. The Balaban J connectivity index is 1.67. The summed E-state index contributed by atoms with van der Waals surface area (Å²) in [6, 6.07) is 0.668. The Bertz CT molecular complexity index is 303. The van der Waals surface area contributed by atoms with Crippen LogP contribution in [0.2, 0.25) is 0 Å². The van der Waals surface area contributed by atoms with E-state index in [1.807, 2.05) is 17.0 Å². The van der Waals surface area contributed by atoms with Gasteiger partial charge in [-0.25, -0.2) is 0 Å². The highest BCUT2D eigenvalue weighted by atomic mass is 15.4. The van der Waals surface area contributed by atoms with Gasteiger partial charge in [0.25, 0.3) is 0 Å². The summed E-state index contributed by atoms with van der Waals surface area (Å²) in [6.07, 6.45) is 10.7. The molecule has 1 fully saturated rings. The van der Waals surface area contributed by atoms with Crippen LogP contribution in [0.1, 0.15) is 25.7 Å². The highest BCUT2D eigenvalue weighted by Gasteiger charge is 2.29. The van der Waals surface area contributed by atoms with Crippen LogP contribution in [0, 0.1) is 5.92 Å². The van der Waals surface area contributed by atoms with Crippen LogP contribution >= 0.6 is 0 Å². The van der Waals surface area contributed by atoms with Gasteiger partial charge in [-0.2, -0.15) is 0 Å². The molecule has 1 heterocycles. The van der Waals surface area contributed by atoms with Crippen molar-refractivity contribution in [1.82, 2.24) is 20.3 Å². The van der Waals surface area contributed by atoms with Gasteiger partial charge < -0.3 is 5.32 Å². The molecule has 0 bridgehead atoms. The molecular weight excluding hydrogens is 200 g/mol. The molecule has 1 saturated carbocycles. The molecule has 1 atom stereocenters. The van der Waals surface area contributed by atoms with Gasteiger partial charge >= 0.3 is 0 Å². The second-order valence-corrected chi connectivity index (χ2v) is 4.43. The molecule has 1 unspecified atom stereocenters. The van der Waals surface area contributed by atoms with E-state index >= 15 is 0 Å². The lowest BCUT2D eigenvalue weighted by Gasteiger charge is -2.17. The molecule has 0 aromatic carbocycles. The Morgan fingerprint density at radius 2 is 2.44 bits per heavy atom. The number of allylic oxidation sites excluding steroid dienone is 1. The normalized spacial score (nSPS) is 17.2. The highest BCUT2D eigenvalue weighted by molar-refractivity contribution is 4.87. The van der Waals surface area contributed by atoms with Crippen LogP contribution < -0.4 is 5.32 Å². The minimum Gasteiger partial charge on any atom is -0.312 e. The summed E-state index contributed by atoms with van der Waals surface area (Å²) in [7, 11) is 0. The minimum absolute atomic E-state index is 0.668. The van der Waals surface area contributed by atoms with Crippen molar-refractivity contribution in [2.75, 3.05) is 6.54 Å². The second-order valence-electron chi connectivity index (χ2n) is 4.43. The van der Waals surface area contributed by atoms with Crippen LogP contribution in [0.15, 0.2) is 25.0 Å². The molecule has 16 heavy (non-hydrogen) atoms. The van der Waals surface area contributed by atoms with E-state index in [-0.39, 0.29) is 0 Å². The molecule has 1 N–H and O–H groups in total. The monoisotopic (exact) mass is 220 g/mol. The topological polar surface area (TPSA) is 42.7 Å². The summed E-state index contributed by atoms with van der Waals surface area (Å²) in [4.78, 5) is 0. The van der Waals surface area contributed by atoms with E-state index in [1.54, 1.807) is 6.20 Å². The zero-order valence-electron chi connectivity index (χ0n) is 9.68. The standard InChI is InChI=1S/C12H20N4/c1-2-3-4-12(11-5-6-11)13-7-9-16-10-8-14-15-16/h2,8,10-13H,1,3-7,9H2. The summed E-state index contributed by atoms with van der Waals surface area (Å²) in [5, 5.41) is 11.4. The number of rotatable bonds is 8. The van der Waals surface area contributed by atoms with Gasteiger partial charge in [-0.1, -0.05) is 11.3 Å². The fourth-order valence-electron chi connectivity index (χ4n) is 2.02. The van der Waals surface area contributed by atoms with Crippen LogP contribution in [0.5, 0.6) is 0 Å². The maximum absolute atomic E-state index is 3.95. The van der Waals surface area contributed by atoms with Crippen molar-refractivity contribution in [3.8, 4) is 0 Å². The molecule has 0 saturated heterocycles. The van der Waals surface area contributed by atoms with Crippen molar-refractivity contribution < 1.29 is 0 Å². The zero-order chi connectivity index (χ0) is 11.2. The fraction of sp³-hybridized carbons (Fsp3) is 0.667. The summed E-state index contributed by atoms with van der Waals surface area (Å²) in [5.74, 6) is 0.899. The van der Waals surface area contributed by atoms with Gasteiger partial charge in [-0.05, 0) is 31.6 Å². The first-order chi connectivity index (χ1) is 7.90. The third-order valence-corrected chi connectivity index (χ3v) is 3.09. The molecule has 1 aromatic rings. The molecular formula is C12H20N4. The number of aromatic nitrogens is 3. The first kappa shape index (κ1) is 11.3. The smallest absolute Gasteiger partial charge is 0.0692 e. The summed E-state index contributed by atoms with van der Waals surface area (Å²) in [5.41, 5.74) is 0. The molecule has 0 radical (unpaired) electrons. The number of hydrogen-bond donors (Lipinski definition) is 1. The first-order valence-electron chi connectivity index (χ1n) is 6.08. The van der Waals surface area contributed by atoms with E-state index in [2.05, 4.69) is 22.2 Å². The number of nitrogens with one attached hydrogen (secondary N) is 1. The lowest BCUT2D eigenvalue weighted by molar-refractivity contribution is 0.416. The van der Waals surface area contributed by atoms with E-state index in [9.17, 15) is 0 Å². The van der Waals surface area contributed by atoms with Gasteiger partial charge in [0.2, 0.25) is 0 Å². The average molecular weight is 220 g/mol. The summed E-state index contributed by atoms with van der Waals surface area (Å²) >= 11 is 0. The highest BCUT2D eigenvalue weighted by Crippen LogP contribution is 2.34. The molecule has 4 heteroatoms. The summed E-state index contributed by atoms with van der Waals surface area (Å²) < 4.78 is 1.87. The minimum atomic E-state index is 0.668. The molecule has 1 aliphatic carbocycles. The van der Waals surface area contributed by atoms with Crippen molar-refractivity contribution in [1.29, 1.82) is 0 Å². The third-order valence-electron chi connectivity index (χ3n) is 3.09. The van der Waals surface area contributed by atoms with Gasteiger partial charge in [-0.3, -0.25) is 4.68 Å². The Morgan fingerprint density at radius 3 is 3.06 bits per heavy atom.